The van der Waals surface area contributed by atoms with Crippen molar-refractivity contribution < 1.29 is 14.6 Å². The number of ether oxygens (including phenoxy) is 1. The monoisotopic (exact) mass is 238 g/mol. The molecule has 0 spiro atoms. The molecule has 5 nitrogen and oxygen atoms in total. The van der Waals surface area contributed by atoms with E-state index in [2.05, 4.69) is 5.32 Å². The first-order valence-electron chi connectivity index (χ1n) is 5.52. The molecule has 94 valence electrons. The highest BCUT2D eigenvalue weighted by molar-refractivity contribution is 5.73. The van der Waals surface area contributed by atoms with Gasteiger partial charge in [-0.05, 0) is 5.56 Å². The number of hydrogen-bond donors (Lipinski definition) is 3. The summed E-state index contributed by atoms with van der Waals surface area (Å²) in [5.41, 5.74) is 6.32. The fourth-order valence-electron chi connectivity index (χ4n) is 1.34. The Morgan fingerprint density at radius 2 is 2.12 bits per heavy atom. The molecule has 1 rings (SSSR count). The fourth-order valence-corrected chi connectivity index (χ4v) is 1.34. The van der Waals surface area contributed by atoms with Crippen LogP contribution in [0.25, 0.3) is 0 Å². The molecule has 0 saturated carbocycles. The van der Waals surface area contributed by atoms with Crippen LogP contribution in [-0.4, -0.2) is 36.8 Å². The first kappa shape index (κ1) is 13.6. The summed E-state index contributed by atoms with van der Waals surface area (Å²) in [5, 5.41) is 11.7. The fraction of sp³-hybridized carbons (Fsp3) is 0.417. The molecule has 1 atom stereocenters. The van der Waals surface area contributed by atoms with E-state index < -0.39 is 12.0 Å². The van der Waals surface area contributed by atoms with E-state index in [1.165, 1.54) is 0 Å². The summed E-state index contributed by atoms with van der Waals surface area (Å²) in [7, 11) is 0. The summed E-state index contributed by atoms with van der Waals surface area (Å²) < 4.78 is 5.36. The molecule has 0 aliphatic heterocycles. The second kappa shape index (κ2) is 7.78. The van der Waals surface area contributed by atoms with Crippen LogP contribution in [0.2, 0.25) is 0 Å². The molecule has 0 saturated heterocycles. The minimum atomic E-state index is -0.925. The van der Waals surface area contributed by atoms with E-state index in [-0.39, 0.29) is 6.61 Å². The van der Waals surface area contributed by atoms with Gasteiger partial charge in [-0.2, -0.15) is 0 Å². The van der Waals surface area contributed by atoms with E-state index in [9.17, 15) is 4.79 Å². The summed E-state index contributed by atoms with van der Waals surface area (Å²) in [6.45, 7) is 1.41. The minimum Gasteiger partial charge on any atom is -0.480 e. The summed E-state index contributed by atoms with van der Waals surface area (Å²) in [5.74, 6) is -0.925. The largest absolute Gasteiger partial charge is 0.480 e. The van der Waals surface area contributed by atoms with Crippen molar-refractivity contribution in [1.29, 1.82) is 0 Å². The van der Waals surface area contributed by atoms with Gasteiger partial charge in [0.25, 0.3) is 0 Å². The molecule has 0 amide bonds. The standard InChI is InChI=1S/C12H18N2O3/c13-6-7-14-11(12(15)16)9-17-8-10-4-2-1-3-5-10/h1-5,11,14H,6-9,13H2,(H,15,16)/t11-/m1/s1. The zero-order chi connectivity index (χ0) is 12.5. The van der Waals surface area contributed by atoms with Crippen LogP contribution in [0.4, 0.5) is 0 Å². The molecule has 0 aliphatic rings. The van der Waals surface area contributed by atoms with Crippen molar-refractivity contribution in [2.24, 2.45) is 5.73 Å². The van der Waals surface area contributed by atoms with Crippen LogP contribution in [0.1, 0.15) is 5.56 Å². The lowest BCUT2D eigenvalue weighted by Crippen LogP contribution is -2.42. The Kier molecular flexibility index (Phi) is 6.24. The van der Waals surface area contributed by atoms with Crippen LogP contribution in [-0.2, 0) is 16.1 Å². The van der Waals surface area contributed by atoms with E-state index in [0.717, 1.165) is 5.56 Å². The van der Waals surface area contributed by atoms with Crippen molar-refractivity contribution in [3.05, 3.63) is 35.9 Å². The van der Waals surface area contributed by atoms with Gasteiger partial charge in [0.05, 0.1) is 13.2 Å². The number of carbonyl (C=O) groups is 1. The third-order valence-electron chi connectivity index (χ3n) is 2.23. The maximum atomic E-state index is 10.9. The first-order chi connectivity index (χ1) is 8.24. The first-order valence-corrected chi connectivity index (χ1v) is 5.52. The second-order valence-corrected chi connectivity index (χ2v) is 3.63. The summed E-state index contributed by atoms with van der Waals surface area (Å²) in [4.78, 5) is 10.9. The van der Waals surface area contributed by atoms with Crippen LogP contribution in [0, 0.1) is 0 Å². The van der Waals surface area contributed by atoms with E-state index in [0.29, 0.717) is 19.7 Å². The van der Waals surface area contributed by atoms with Crippen LogP contribution in [0.5, 0.6) is 0 Å². The number of rotatable bonds is 8. The Balaban J connectivity index is 2.29. The van der Waals surface area contributed by atoms with E-state index >= 15 is 0 Å². The van der Waals surface area contributed by atoms with Gasteiger partial charge in [0.2, 0.25) is 0 Å². The van der Waals surface area contributed by atoms with E-state index in [1.54, 1.807) is 0 Å². The lowest BCUT2D eigenvalue weighted by molar-refractivity contribution is -0.141. The third-order valence-corrected chi connectivity index (χ3v) is 2.23. The van der Waals surface area contributed by atoms with Crippen molar-refractivity contribution >= 4 is 5.97 Å². The van der Waals surface area contributed by atoms with Crippen molar-refractivity contribution in [2.75, 3.05) is 19.7 Å². The molecule has 5 heteroatoms. The van der Waals surface area contributed by atoms with Gasteiger partial charge >= 0.3 is 5.97 Å². The molecule has 0 bridgehead atoms. The van der Waals surface area contributed by atoms with Crippen LogP contribution >= 0.6 is 0 Å². The number of benzene rings is 1. The number of hydrogen-bond acceptors (Lipinski definition) is 4. The molecule has 0 heterocycles. The highest BCUT2D eigenvalue weighted by atomic mass is 16.5. The summed E-state index contributed by atoms with van der Waals surface area (Å²) in [6, 6.07) is 8.92. The summed E-state index contributed by atoms with van der Waals surface area (Å²) >= 11 is 0. The normalized spacial score (nSPS) is 12.3. The third kappa shape index (κ3) is 5.44. The minimum absolute atomic E-state index is 0.129. The SMILES string of the molecule is NCCN[C@H](COCc1ccccc1)C(=O)O. The molecular weight excluding hydrogens is 220 g/mol. The van der Waals surface area contributed by atoms with E-state index in [4.69, 9.17) is 15.6 Å². The van der Waals surface area contributed by atoms with Gasteiger partial charge in [-0.3, -0.25) is 4.79 Å². The van der Waals surface area contributed by atoms with Crippen molar-refractivity contribution in [3.8, 4) is 0 Å². The number of nitrogens with one attached hydrogen (secondary N) is 1. The van der Waals surface area contributed by atoms with Gasteiger partial charge in [-0.15, -0.1) is 0 Å². The Hall–Kier alpha value is -1.43. The quantitative estimate of drug-likeness (QED) is 0.602. The maximum absolute atomic E-state index is 10.9. The van der Waals surface area contributed by atoms with Crippen LogP contribution in [0.15, 0.2) is 30.3 Å². The van der Waals surface area contributed by atoms with Gasteiger partial charge in [0, 0.05) is 13.1 Å². The van der Waals surface area contributed by atoms with Crippen molar-refractivity contribution in [1.82, 2.24) is 5.32 Å². The highest BCUT2D eigenvalue weighted by Crippen LogP contribution is 2.01. The Morgan fingerprint density at radius 3 is 2.71 bits per heavy atom. The van der Waals surface area contributed by atoms with Gasteiger partial charge in [-0.25, -0.2) is 0 Å². The van der Waals surface area contributed by atoms with E-state index in [1.807, 2.05) is 30.3 Å². The summed E-state index contributed by atoms with van der Waals surface area (Å²) in [6.07, 6.45) is 0. The molecule has 0 aliphatic carbocycles. The average Bonchev–Trinajstić information content (AvgIpc) is 2.34. The molecule has 0 radical (unpaired) electrons. The van der Waals surface area contributed by atoms with Gasteiger partial charge < -0.3 is 20.9 Å². The zero-order valence-corrected chi connectivity index (χ0v) is 9.63. The van der Waals surface area contributed by atoms with Gasteiger partial charge in [-0.1, -0.05) is 30.3 Å². The molecule has 0 aromatic heterocycles. The molecule has 0 unspecified atom stereocenters. The Morgan fingerprint density at radius 1 is 1.41 bits per heavy atom. The molecule has 1 aromatic rings. The number of nitrogens with two attached hydrogens (primary N) is 1. The molecule has 0 fully saturated rings. The number of carboxylic acid groups (broad SMARTS) is 1. The average molecular weight is 238 g/mol. The zero-order valence-electron chi connectivity index (χ0n) is 9.63. The Bertz CT molecular complexity index is 330. The smallest absolute Gasteiger partial charge is 0.323 e. The van der Waals surface area contributed by atoms with Gasteiger partial charge in [0.15, 0.2) is 0 Å². The molecule has 17 heavy (non-hydrogen) atoms. The predicted molar refractivity (Wildman–Crippen MR) is 64.6 cm³/mol. The highest BCUT2D eigenvalue weighted by Gasteiger charge is 2.15. The molecular formula is C12H18N2O3. The number of carboxylic acids is 1. The van der Waals surface area contributed by atoms with Crippen molar-refractivity contribution in [2.45, 2.75) is 12.6 Å². The van der Waals surface area contributed by atoms with Crippen LogP contribution in [0.3, 0.4) is 0 Å². The Labute approximate surface area is 101 Å². The molecule has 1 aromatic carbocycles. The predicted octanol–water partition coefficient (Wildman–Crippen LogP) is 0.205. The van der Waals surface area contributed by atoms with Crippen LogP contribution < -0.4 is 11.1 Å². The van der Waals surface area contributed by atoms with Crippen molar-refractivity contribution in [3.63, 3.8) is 0 Å². The lowest BCUT2D eigenvalue weighted by atomic mass is 10.2. The maximum Gasteiger partial charge on any atom is 0.323 e. The second-order valence-electron chi connectivity index (χ2n) is 3.63. The lowest BCUT2D eigenvalue weighted by Gasteiger charge is -2.14. The number of aliphatic carboxylic acids is 1. The van der Waals surface area contributed by atoms with Gasteiger partial charge in [0.1, 0.15) is 6.04 Å². The molecule has 4 N–H and O–H groups in total. The topological polar surface area (TPSA) is 84.6 Å².